The molecule has 0 bridgehead atoms. The summed E-state index contributed by atoms with van der Waals surface area (Å²) in [6.07, 6.45) is 6.12. The Labute approximate surface area is 82.1 Å². The standard InChI is InChI=1S/C8H15IO2/c1-10-8(11-2)6-4-3-5-7-9/h3-4,8H,5-7H2,1-2H3/b4-3-. The van der Waals surface area contributed by atoms with Crippen LogP contribution < -0.4 is 0 Å². The molecule has 0 rings (SSSR count). The summed E-state index contributed by atoms with van der Waals surface area (Å²) in [7, 11) is 3.31. The molecule has 0 aromatic heterocycles. The zero-order valence-corrected chi connectivity index (χ0v) is 9.21. The SMILES string of the molecule is COC(C/C=C\CCI)OC. The highest BCUT2D eigenvalue weighted by atomic mass is 127. The van der Waals surface area contributed by atoms with Crippen LogP contribution in [0.5, 0.6) is 0 Å². The molecule has 0 saturated heterocycles. The molecule has 0 saturated carbocycles. The molecule has 0 aliphatic carbocycles. The van der Waals surface area contributed by atoms with Crippen molar-refractivity contribution in [3.8, 4) is 0 Å². The first-order valence-corrected chi connectivity index (χ1v) is 5.14. The van der Waals surface area contributed by atoms with Gasteiger partial charge in [-0.15, -0.1) is 0 Å². The van der Waals surface area contributed by atoms with Crippen LogP contribution in [0.1, 0.15) is 12.8 Å². The van der Waals surface area contributed by atoms with Crippen LogP contribution in [0.4, 0.5) is 0 Å². The molecule has 0 aromatic rings. The molecule has 0 aliphatic heterocycles. The first kappa shape index (κ1) is 11.4. The summed E-state index contributed by atoms with van der Waals surface area (Å²) in [5, 5.41) is 0. The molecule has 0 aromatic carbocycles. The van der Waals surface area contributed by atoms with E-state index in [0.717, 1.165) is 12.8 Å². The van der Waals surface area contributed by atoms with Crippen molar-refractivity contribution in [1.82, 2.24) is 0 Å². The predicted molar refractivity (Wildman–Crippen MR) is 55.1 cm³/mol. The van der Waals surface area contributed by atoms with Gasteiger partial charge in [0.05, 0.1) is 0 Å². The third-order valence-electron chi connectivity index (χ3n) is 1.30. The summed E-state index contributed by atoms with van der Waals surface area (Å²) in [5.74, 6) is 0. The van der Waals surface area contributed by atoms with Gasteiger partial charge in [0.1, 0.15) is 0 Å². The van der Waals surface area contributed by atoms with E-state index in [1.54, 1.807) is 14.2 Å². The topological polar surface area (TPSA) is 18.5 Å². The van der Waals surface area contributed by atoms with Crippen LogP contribution in [0.3, 0.4) is 0 Å². The number of hydrogen-bond acceptors (Lipinski definition) is 2. The molecular weight excluding hydrogens is 255 g/mol. The zero-order valence-electron chi connectivity index (χ0n) is 7.05. The number of halogens is 1. The van der Waals surface area contributed by atoms with Gasteiger partial charge >= 0.3 is 0 Å². The highest BCUT2D eigenvalue weighted by Crippen LogP contribution is 1.99. The molecule has 3 heteroatoms. The fraction of sp³-hybridized carbons (Fsp3) is 0.750. The van der Waals surface area contributed by atoms with E-state index in [4.69, 9.17) is 9.47 Å². The lowest BCUT2D eigenvalue weighted by molar-refractivity contribution is -0.0986. The molecule has 0 atom stereocenters. The Morgan fingerprint density at radius 2 is 1.91 bits per heavy atom. The van der Waals surface area contributed by atoms with Gasteiger partial charge in [-0.05, 0) is 6.42 Å². The minimum atomic E-state index is -0.0829. The summed E-state index contributed by atoms with van der Waals surface area (Å²) < 4.78 is 11.2. The molecule has 66 valence electrons. The van der Waals surface area contributed by atoms with Crippen LogP contribution in [0, 0.1) is 0 Å². The number of ether oxygens (including phenoxy) is 2. The summed E-state index contributed by atoms with van der Waals surface area (Å²) in [6.45, 7) is 0. The number of rotatable bonds is 6. The van der Waals surface area contributed by atoms with Gasteiger partial charge in [0, 0.05) is 25.1 Å². The largest absolute Gasteiger partial charge is 0.356 e. The molecule has 0 amide bonds. The molecule has 0 fully saturated rings. The minimum Gasteiger partial charge on any atom is -0.356 e. The molecule has 0 spiro atoms. The summed E-state index contributed by atoms with van der Waals surface area (Å²) >= 11 is 2.35. The molecule has 0 heterocycles. The first-order valence-electron chi connectivity index (χ1n) is 3.61. The molecule has 0 radical (unpaired) electrons. The van der Waals surface area contributed by atoms with Gasteiger partial charge in [0.25, 0.3) is 0 Å². The van der Waals surface area contributed by atoms with Crippen LogP contribution in [-0.2, 0) is 9.47 Å². The van der Waals surface area contributed by atoms with Crippen LogP contribution in [-0.4, -0.2) is 24.9 Å². The Kier molecular flexibility index (Phi) is 8.79. The van der Waals surface area contributed by atoms with E-state index in [9.17, 15) is 0 Å². The van der Waals surface area contributed by atoms with E-state index < -0.39 is 0 Å². The Hall–Kier alpha value is 0.390. The lowest BCUT2D eigenvalue weighted by atomic mass is 10.3. The summed E-state index contributed by atoms with van der Waals surface area (Å²) in [6, 6.07) is 0. The van der Waals surface area contributed by atoms with E-state index in [1.807, 2.05) is 0 Å². The van der Waals surface area contributed by atoms with Crippen molar-refractivity contribution in [2.45, 2.75) is 19.1 Å². The third kappa shape index (κ3) is 6.77. The zero-order chi connectivity index (χ0) is 8.53. The monoisotopic (exact) mass is 270 g/mol. The number of alkyl halides is 1. The first-order chi connectivity index (χ1) is 5.35. The molecule has 0 aliphatic rings. The third-order valence-corrected chi connectivity index (χ3v) is 1.92. The smallest absolute Gasteiger partial charge is 0.160 e. The fourth-order valence-corrected chi connectivity index (χ4v) is 1.04. The van der Waals surface area contributed by atoms with Gasteiger partial charge in [-0.2, -0.15) is 0 Å². The quantitative estimate of drug-likeness (QED) is 0.319. The van der Waals surface area contributed by atoms with Crippen LogP contribution >= 0.6 is 22.6 Å². The summed E-state index contributed by atoms with van der Waals surface area (Å²) in [5.41, 5.74) is 0. The average molecular weight is 270 g/mol. The van der Waals surface area contributed by atoms with Gasteiger partial charge < -0.3 is 9.47 Å². The van der Waals surface area contributed by atoms with Crippen molar-refractivity contribution in [3.05, 3.63) is 12.2 Å². The van der Waals surface area contributed by atoms with Gasteiger partial charge in [-0.3, -0.25) is 0 Å². The predicted octanol–water partition coefficient (Wildman–Crippen LogP) is 2.38. The van der Waals surface area contributed by atoms with E-state index in [-0.39, 0.29) is 6.29 Å². The molecule has 11 heavy (non-hydrogen) atoms. The molecule has 0 unspecified atom stereocenters. The number of methoxy groups -OCH3 is 2. The van der Waals surface area contributed by atoms with Crippen molar-refractivity contribution < 1.29 is 9.47 Å². The second kappa shape index (κ2) is 8.49. The lowest BCUT2D eigenvalue weighted by Crippen LogP contribution is -2.10. The van der Waals surface area contributed by atoms with Crippen molar-refractivity contribution in [1.29, 1.82) is 0 Å². The Bertz CT molecular complexity index is 100. The van der Waals surface area contributed by atoms with Crippen LogP contribution in [0.2, 0.25) is 0 Å². The second-order valence-corrected chi connectivity index (χ2v) is 3.16. The van der Waals surface area contributed by atoms with Crippen LogP contribution in [0.15, 0.2) is 12.2 Å². The van der Waals surface area contributed by atoms with E-state index >= 15 is 0 Å². The highest BCUT2D eigenvalue weighted by Gasteiger charge is 1.99. The van der Waals surface area contributed by atoms with Gasteiger partial charge in [0.15, 0.2) is 6.29 Å². The highest BCUT2D eigenvalue weighted by molar-refractivity contribution is 14.1. The maximum absolute atomic E-state index is 5.00. The van der Waals surface area contributed by atoms with Gasteiger partial charge in [-0.25, -0.2) is 0 Å². The van der Waals surface area contributed by atoms with Crippen molar-refractivity contribution in [2.24, 2.45) is 0 Å². The van der Waals surface area contributed by atoms with Gasteiger partial charge in [-0.1, -0.05) is 34.7 Å². The molecular formula is C8H15IO2. The average Bonchev–Trinajstić information content (AvgIpc) is 2.05. The Morgan fingerprint density at radius 3 is 2.36 bits per heavy atom. The van der Waals surface area contributed by atoms with Crippen molar-refractivity contribution in [3.63, 3.8) is 0 Å². The van der Waals surface area contributed by atoms with Crippen molar-refractivity contribution >= 4 is 22.6 Å². The maximum Gasteiger partial charge on any atom is 0.160 e. The van der Waals surface area contributed by atoms with E-state index in [0.29, 0.717) is 0 Å². The number of allylic oxidation sites excluding steroid dienone is 1. The Morgan fingerprint density at radius 1 is 1.27 bits per heavy atom. The van der Waals surface area contributed by atoms with Gasteiger partial charge in [0.2, 0.25) is 0 Å². The summed E-state index contributed by atoms with van der Waals surface area (Å²) in [4.78, 5) is 0. The van der Waals surface area contributed by atoms with E-state index in [1.165, 1.54) is 4.43 Å². The minimum absolute atomic E-state index is 0.0829. The Balaban J connectivity index is 3.33. The normalized spacial score (nSPS) is 11.6. The maximum atomic E-state index is 5.00. The van der Waals surface area contributed by atoms with Crippen molar-refractivity contribution in [2.75, 3.05) is 18.6 Å². The van der Waals surface area contributed by atoms with E-state index in [2.05, 4.69) is 34.7 Å². The number of hydrogen-bond donors (Lipinski definition) is 0. The molecule has 2 nitrogen and oxygen atoms in total. The van der Waals surface area contributed by atoms with Crippen LogP contribution in [0.25, 0.3) is 0 Å². The fourth-order valence-electron chi connectivity index (χ4n) is 0.677. The lowest BCUT2D eigenvalue weighted by Gasteiger charge is -2.09. The second-order valence-electron chi connectivity index (χ2n) is 2.09. The molecule has 0 N–H and O–H groups in total.